The largest absolute Gasteiger partial charge is 0.488 e. The molecule has 0 N–H and O–H groups in total. The average molecular weight is 414 g/mol. The Kier molecular flexibility index (Phi) is 6.23. The second-order valence-corrected chi connectivity index (χ2v) is 6.62. The maximum absolute atomic E-state index is 13.9. The number of amides is 1. The molecule has 1 fully saturated rings. The quantitative estimate of drug-likeness (QED) is 0.412. The van der Waals surface area contributed by atoms with Gasteiger partial charge in [-0.2, -0.15) is 0 Å². The van der Waals surface area contributed by atoms with Crippen molar-refractivity contribution in [3.8, 4) is 5.75 Å². The van der Waals surface area contributed by atoms with Gasteiger partial charge in [0, 0.05) is 18.2 Å². The van der Waals surface area contributed by atoms with E-state index >= 15 is 0 Å². The first-order valence-corrected chi connectivity index (χ1v) is 9.16. The summed E-state index contributed by atoms with van der Waals surface area (Å²) in [5.74, 6) is -0.756. The summed E-state index contributed by atoms with van der Waals surface area (Å²) >= 11 is 5.27. The van der Waals surface area contributed by atoms with Crippen LogP contribution >= 0.6 is 12.2 Å². The van der Waals surface area contributed by atoms with Crippen LogP contribution in [0.25, 0.3) is 6.08 Å². The van der Waals surface area contributed by atoms with Gasteiger partial charge in [-0.05, 0) is 30.4 Å². The van der Waals surface area contributed by atoms with E-state index in [4.69, 9.17) is 21.7 Å². The van der Waals surface area contributed by atoms with E-state index in [1.54, 1.807) is 48.5 Å². The molecule has 8 heteroatoms. The molecule has 0 spiro atoms. The van der Waals surface area contributed by atoms with Crippen molar-refractivity contribution in [2.24, 2.45) is 0 Å². The van der Waals surface area contributed by atoms with E-state index in [9.17, 15) is 14.0 Å². The van der Waals surface area contributed by atoms with Gasteiger partial charge in [0.25, 0.3) is 5.91 Å². The molecule has 29 heavy (non-hydrogen) atoms. The molecule has 0 atom stereocenters. The third kappa shape index (κ3) is 4.43. The third-order valence-electron chi connectivity index (χ3n) is 4.40. The number of esters is 1. The van der Waals surface area contributed by atoms with Crippen molar-refractivity contribution in [3.05, 3.63) is 71.2 Å². The summed E-state index contributed by atoms with van der Waals surface area (Å²) in [6.07, 6.45) is 1.59. The van der Waals surface area contributed by atoms with Crippen LogP contribution in [-0.4, -0.2) is 47.5 Å². The Balaban J connectivity index is 1.90. The number of ether oxygens (including phenoxy) is 2. The van der Waals surface area contributed by atoms with Gasteiger partial charge < -0.3 is 14.4 Å². The topological polar surface area (TPSA) is 59.1 Å². The van der Waals surface area contributed by atoms with Crippen LogP contribution in [0.5, 0.6) is 5.75 Å². The standard InChI is InChI=1S/C21H19FN2O4S/c1-23-20(26)17(24(21(23)29)12-19(25)27-2)11-14-7-4-6-10-18(14)28-13-15-8-3-5-9-16(15)22/h3-11H,12-13H2,1-2H3. The van der Waals surface area contributed by atoms with Gasteiger partial charge in [0.2, 0.25) is 0 Å². The fourth-order valence-corrected chi connectivity index (χ4v) is 3.04. The number of likely N-dealkylation sites (N-methyl/N-ethyl adjacent to an activating group) is 1. The van der Waals surface area contributed by atoms with Gasteiger partial charge in [0.15, 0.2) is 5.11 Å². The molecule has 0 saturated carbocycles. The minimum atomic E-state index is -0.523. The molecule has 3 rings (SSSR count). The fourth-order valence-electron chi connectivity index (χ4n) is 2.79. The van der Waals surface area contributed by atoms with Crippen LogP contribution in [0, 0.1) is 5.82 Å². The summed E-state index contributed by atoms with van der Waals surface area (Å²) < 4.78 is 24.3. The molecule has 1 amide bonds. The van der Waals surface area contributed by atoms with Gasteiger partial charge in [0.05, 0.1) is 7.11 Å². The molecule has 0 unspecified atom stereocenters. The van der Waals surface area contributed by atoms with Crippen molar-refractivity contribution >= 4 is 35.3 Å². The van der Waals surface area contributed by atoms with Crippen molar-refractivity contribution in [2.45, 2.75) is 6.61 Å². The van der Waals surface area contributed by atoms with Gasteiger partial charge in [-0.25, -0.2) is 4.39 Å². The molecule has 6 nitrogen and oxygen atoms in total. The van der Waals surface area contributed by atoms with E-state index in [1.165, 1.54) is 30.0 Å². The average Bonchev–Trinajstić information content (AvgIpc) is 2.92. The van der Waals surface area contributed by atoms with Gasteiger partial charge in [-0.15, -0.1) is 0 Å². The van der Waals surface area contributed by atoms with Crippen LogP contribution < -0.4 is 4.74 Å². The second-order valence-electron chi connectivity index (χ2n) is 6.26. The lowest BCUT2D eigenvalue weighted by atomic mass is 10.1. The monoisotopic (exact) mass is 414 g/mol. The highest BCUT2D eigenvalue weighted by molar-refractivity contribution is 7.80. The zero-order valence-electron chi connectivity index (χ0n) is 15.9. The van der Waals surface area contributed by atoms with E-state index in [0.29, 0.717) is 16.9 Å². The maximum Gasteiger partial charge on any atom is 0.325 e. The predicted octanol–water partition coefficient (Wildman–Crippen LogP) is 2.98. The second kappa shape index (κ2) is 8.83. The number of halogens is 1. The zero-order chi connectivity index (χ0) is 21.0. The van der Waals surface area contributed by atoms with Crippen molar-refractivity contribution in [2.75, 3.05) is 20.7 Å². The first-order chi connectivity index (χ1) is 13.9. The van der Waals surface area contributed by atoms with Crippen molar-refractivity contribution in [1.82, 2.24) is 9.80 Å². The molecule has 1 saturated heterocycles. The fraction of sp³-hybridized carbons (Fsp3) is 0.190. The zero-order valence-corrected chi connectivity index (χ0v) is 16.7. The number of para-hydroxylation sites is 1. The van der Waals surface area contributed by atoms with Crippen LogP contribution in [0.4, 0.5) is 4.39 Å². The SMILES string of the molecule is COC(=O)CN1C(=S)N(C)C(=O)C1=Cc1ccccc1OCc1ccccc1F. The Morgan fingerprint density at radius 3 is 2.59 bits per heavy atom. The molecule has 1 heterocycles. The van der Waals surface area contributed by atoms with Crippen molar-refractivity contribution in [3.63, 3.8) is 0 Å². The smallest absolute Gasteiger partial charge is 0.325 e. The molecule has 1 aliphatic heterocycles. The number of thiocarbonyl (C=S) groups is 1. The molecular weight excluding hydrogens is 395 g/mol. The van der Waals surface area contributed by atoms with Crippen molar-refractivity contribution in [1.29, 1.82) is 0 Å². The Labute approximate surface area is 173 Å². The molecule has 0 radical (unpaired) electrons. The summed E-state index contributed by atoms with van der Waals surface area (Å²) in [4.78, 5) is 27.1. The molecule has 150 valence electrons. The minimum absolute atomic E-state index is 0.0327. The lowest BCUT2D eigenvalue weighted by Crippen LogP contribution is -2.33. The highest BCUT2D eigenvalue weighted by Crippen LogP contribution is 2.27. The maximum atomic E-state index is 13.9. The predicted molar refractivity (Wildman–Crippen MR) is 109 cm³/mol. The number of hydrogen-bond donors (Lipinski definition) is 0. The van der Waals surface area contributed by atoms with E-state index in [2.05, 4.69) is 0 Å². The first-order valence-electron chi connectivity index (χ1n) is 8.75. The van der Waals surface area contributed by atoms with E-state index in [-0.39, 0.29) is 35.7 Å². The van der Waals surface area contributed by atoms with Crippen LogP contribution in [-0.2, 0) is 20.9 Å². The molecule has 2 aromatic carbocycles. The highest BCUT2D eigenvalue weighted by Gasteiger charge is 2.36. The number of carbonyl (C=O) groups is 2. The van der Waals surface area contributed by atoms with Crippen LogP contribution in [0.15, 0.2) is 54.2 Å². The normalized spacial score (nSPS) is 15.2. The number of methoxy groups -OCH3 is 1. The number of rotatable bonds is 6. The van der Waals surface area contributed by atoms with E-state index in [0.717, 1.165) is 0 Å². The minimum Gasteiger partial charge on any atom is -0.488 e. The highest BCUT2D eigenvalue weighted by atomic mass is 32.1. The van der Waals surface area contributed by atoms with Crippen LogP contribution in [0.3, 0.4) is 0 Å². The summed E-state index contributed by atoms with van der Waals surface area (Å²) in [5, 5.41) is 0.205. The molecule has 0 aliphatic carbocycles. The Hall–Kier alpha value is -3.26. The summed E-state index contributed by atoms with van der Waals surface area (Å²) in [5.41, 5.74) is 1.24. The number of benzene rings is 2. The lowest BCUT2D eigenvalue weighted by molar-refractivity contribution is -0.140. The molecule has 0 bridgehead atoms. The number of carbonyl (C=O) groups excluding carboxylic acids is 2. The summed E-state index contributed by atoms with van der Waals surface area (Å²) in [6.45, 7) is -0.152. The molecular formula is C21H19FN2O4S. The van der Waals surface area contributed by atoms with Gasteiger partial charge in [-0.1, -0.05) is 36.4 Å². The Morgan fingerprint density at radius 1 is 1.17 bits per heavy atom. The van der Waals surface area contributed by atoms with E-state index in [1.807, 2.05) is 0 Å². The van der Waals surface area contributed by atoms with Crippen molar-refractivity contribution < 1.29 is 23.5 Å². The molecule has 0 aromatic heterocycles. The summed E-state index contributed by atoms with van der Waals surface area (Å²) in [6, 6.07) is 13.4. The van der Waals surface area contributed by atoms with Gasteiger partial charge in [-0.3, -0.25) is 14.5 Å². The van der Waals surface area contributed by atoms with Crippen LogP contribution in [0.1, 0.15) is 11.1 Å². The van der Waals surface area contributed by atoms with E-state index < -0.39 is 5.97 Å². The Morgan fingerprint density at radius 2 is 1.86 bits per heavy atom. The third-order valence-corrected chi connectivity index (χ3v) is 4.89. The molecule has 2 aromatic rings. The van der Waals surface area contributed by atoms with Gasteiger partial charge >= 0.3 is 5.97 Å². The van der Waals surface area contributed by atoms with Gasteiger partial charge in [0.1, 0.15) is 30.4 Å². The number of nitrogens with zero attached hydrogens (tertiary/aromatic N) is 2. The Bertz CT molecular complexity index is 992. The lowest BCUT2D eigenvalue weighted by Gasteiger charge is -2.17. The number of hydrogen-bond acceptors (Lipinski definition) is 5. The molecule has 1 aliphatic rings. The van der Waals surface area contributed by atoms with Crippen LogP contribution in [0.2, 0.25) is 0 Å². The first kappa shape index (κ1) is 20.5. The summed E-state index contributed by atoms with van der Waals surface area (Å²) in [7, 11) is 2.80.